The molecule has 2 amide bonds. The fourth-order valence-corrected chi connectivity index (χ4v) is 4.18. The Labute approximate surface area is 216 Å². The van der Waals surface area contributed by atoms with Crippen LogP contribution in [0.25, 0.3) is 22.2 Å². The van der Waals surface area contributed by atoms with Crippen LogP contribution in [0.4, 0.5) is 20.7 Å². The first-order valence-electron chi connectivity index (χ1n) is 10.9. The van der Waals surface area contributed by atoms with E-state index in [1.165, 1.54) is 27.1 Å². The van der Waals surface area contributed by atoms with Crippen LogP contribution in [0.3, 0.4) is 0 Å². The van der Waals surface area contributed by atoms with Crippen LogP contribution >= 0.6 is 23.4 Å². The number of aromatic nitrogens is 5. The molecule has 36 heavy (non-hydrogen) atoms. The van der Waals surface area contributed by atoms with Gasteiger partial charge in [0.15, 0.2) is 5.16 Å². The number of fused-ring (bicyclic) bond motifs is 1. The number of nitrogens with zero attached hydrogens (tertiary/aromatic N) is 5. The maximum absolute atomic E-state index is 14.8. The quantitative estimate of drug-likeness (QED) is 0.278. The zero-order chi connectivity index (χ0) is 26.4. The fourth-order valence-electron chi connectivity index (χ4n) is 3.59. The van der Waals surface area contributed by atoms with Gasteiger partial charge < -0.3 is 5.32 Å². The van der Waals surface area contributed by atoms with Crippen molar-refractivity contribution in [2.75, 3.05) is 16.9 Å². The number of pyridine rings is 1. The Morgan fingerprint density at radius 1 is 1.11 bits per heavy atom. The highest BCUT2D eigenvalue weighted by atomic mass is 35.5. The lowest BCUT2D eigenvalue weighted by atomic mass is 9.92. The van der Waals surface area contributed by atoms with Crippen LogP contribution in [0, 0.1) is 5.82 Å². The average molecular weight is 530 g/mol. The van der Waals surface area contributed by atoms with Gasteiger partial charge in [0.25, 0.3) is 5.56 Å². The summed E-state index contributed by atoms with van der Waals surface area (Å²) >= 11 is 7.69. The van der Waals surface area contributed by atoms with Crippen molar-refractivity contribution in [1.82, 2.24) is 24.3 Å². The molecule has 4 aromatic rings. The van der Waals surface area contributed by atoms with Gasteiger partial charge in [-0.05, 0) is 24.5 Å². The summed E-state index contributed by atoms with van der Waals surface area (Å²) in [6.07, 6.45) is 3.45. The van der Waals surface area contributed by atoms with E-state index in [0.717, 1.165) is 11.8 Å². The van der Waals surface area contributed by atoms with Gasteiger partial charge >= 0.3 is 6.03 Å². The van der Waals surface area contributed by atoms with Gasteiger partial charge in [0.1, 0.15) is 17.3 Å². The van der Waals surface area contributed by atoms with Crippen molar-refractivity contribution >= 4 is 51.9 Å². The molecule has 2 N–H and O–H groups in total. The Hall–Kier alpha value is -3.44. The monoisotopic (exact) mass is 529 g/mol. The lowest BCUT2D eigenvalue weighted by Gasteiger charge is -2.13. The molecule has 0 unspecified atom stereocenters. The van der Waals surface area contributed by atoms with Crippen LogP contribution in [0.5, 0.6) is 0 Å². The highest BCUT2D eigenvalue weighted by Gasteiger charge is 2.21. The van der Waals surface area contributed by atoms with E-state index in [1.807, 2.05) is 27.0 Å². The van der Waals surface area contributed by atoms with Crippen molar-refractivity contribution in [1.29, 1.82) is 0 Å². The summed E-state index contributed by atoms with van der Waals surface area (Å²) in [5.74, 6) is -0.301. The van der Waals surface area contributed by atoms with Gasteiger partial charge in [-0.1, -0.05) is 44.1 Å². The Bertz CT molecular complexity index is 1560. The number of nitrogens with one attached hydrogen (secondary N) is 2. The summed E-state index contributed by atoms with van der Waals surface area (Å²) in [7, 11) is 3.29. The molecule has 9 nitrogen and oxygen atoms in total. The van der Waals surface area contributed by atoms with Gasteiger partial charge in [-0.15, -0.1) is 0 Å². The highest BCUT2D eigenvalue weighted by Crippen LogP contribution is 2.32. The number of benzene rings is 1. The molecule has 3 heterocycles. The lowest BCUT2D eigenvalue weighted by molar-refractivity contribution is 0.262. The molecule has 0 fully saturated rings. The van der Waals surface area contributed by atoms with E-state index >= 15 is 0 Å². The zero-order valence-corrected chi connectivity index (χ0v) is 22.2. The Balaban J connectivity index is 1.69. The summed E-state index contributed by atoms with van der Waals surface area (Å²) in [5.41, 5.74) is 1.02. The first-order chi connectivity index (χ1) is 16.9. The minimum atomic E-state index is -0.746. The minimum Gasteiger partial charge on any atom is -0.305 e. The van der Waals surface area contributed by atoms with Crippen molar-refractivity contribution < 1.29 is 9.18 Å². The number of carbonyl (C=O) groups is 1. The molecule has 188 valence electrons. The van der Waals surface area contributed by atoms with Crippen LogP contribution in [-0.2, 0) is 19.5 Å². The van der Waals surface area contributed by atoms with Crippen LogP contribution in [0.2, 0.25) is 5.02 Å². The van der Waals surface area contributed by atoms with Crippen LogP contribution in [0.15, 0.2) is 40.4 Å². The maximum Gasteiger partial charge on any atom is 0.324 e. The number of anilines is 2. The fraction of sp³-hybridized carbons (Fsp3) is 0.292. The van der Waals surface area contributed by atoms with Gasteiger partial charge in [0, 0.05) is 48.3 Å². The number of rotatable bonds is 4. The van der Waals surface area contributed by atoms with Crippen LogP contribution < -0.4 is 16.2 Å². The number of hydrogen-bond acceptors (Lipinski definition) is 6. The first-order valence-corrected chi connectivity index (χ1v) is 12.5. The van der Waals surface area contributed by atoms with Crippen LogP contribution in [0.1, 0.15) is 26.5 Å². The Morgan fingerprint density at radius 3 is 2.47 bits per heavy atom. The third-order valence-corrected chi connectivity index (χ3v) is 6.47. The molecule has 0 radical (unpaired) electrons. The molecule has 3 aromatic heterocycles. The topological polar surface area (TPSA) is 107 Å². The average Bonchev–Trinajstić information content (AvgIpc) is 3.18. The van der Waals surface area contributed by atoms with E-state index in [4.69, 9.17) is 11.6 Å². The normalized spacial score (nSPS) is 11.7. The Morgan fingerprint density at radius 2 is 1.83 bits per heavy atom. The molecule has 12 heteroatoms. The van der Waals surface area contributed by atoms with E-state index in [0.29, 0.717) is 22.0 Å². The molecule has 4 rings (SSSR count). The van der Waals surface area contributed by atoms with Crippen molar-refractivity contribution in [3.05, 3.63) is 57.3 Å². The minimum absolute atomic E-state index is 0.0259. The highest BCUT2D eigenvalue weighted by molar-refractivity contribution is 7.98. The molecule has 0 aliphatic heterocycles. The van der Waals surface area contributed by atoms with Gasteiger partial charge in [0.05, 0.1) is 16.4 Å². The number of amides is 2. The molecule has 1 aromatic carbocycles. The second-order valence-electron chi connectivity index (χ2n) is 9.24. The number of aryl methyl sites for hydroxylation is 2. The van der Waals surface area contributed by atoms with E-state index < -0.39 is 11.8 Å². The van der Waals surface area contributed by atoms with E-state index in [9.17, 15) is 14.0 Å². The second-order valence-corrected chi connectivity index (χ2v) is 10.4. The second kappa shape index (κ2) is 9.55. The summed E-state index contributed by atoms with van der Waals surface area (Å²) in [6.45, 7) is 6.03. The van der Waals surface area contributed by atoms with Gasteiger partial charge in [-0.2, -0.15) is 5.10 Å². The molecule has 0 bridgehead atoms. The summed E-state index contributed by atoms with van der Waals surface area (Å²) in [4.78, 5) is 34.5. The molecule has 0 atom stereocenters. The van der Waals surface area contributed by atoms with Gasteiger partial charge in [-0.3, -0.25) is 19.4 Å². The number of hydrogen-bond donors (Lipinski definition) is 2. The molecule has 0 saturated carbocycles. The lowest BCUT2D eigenvalue weighted by Crippen LogP contribution is -2.22. The third kappa shape index (κ3) is 4.93. The summed E-state index contributed by atoms with van der Waals surface area (Å²) in [5, 5.41) is 10.8. The predicted molar refractivity (Wildman–Crippen MR) is 142 cm³/mol. The molecule has 0 saturated heterocycles. The molecular weight excluding hydrogens is 505 g/mol. The van der Waals surface area contributed by atoms with Gasteiger partial charge in [0.2, 0.25) is 0 Å². The first kappa shape index (κ1) is 25.6. The molecule has 0 aliphatic rings. The number of urea groups is 1. The summed E-state index contributed by atoms with van der Waals surface area (Å²) in [6, 6.07) is 5.09. The number of carbonyl (C=O) groups excluding carboxylic acids is 1. The standard InChI is InChI=1S/C24H25ClFN7O2S/c1-24(2,3)18-10-19(33(5)31-18)29-22(35)28-17-8-13(15(25)9-16(17)26)14-7-12-11-27-23(36-6)30-20(12)32(4)21(14)34/h7-11H,1-6H3,(H2,28,29,35). The SMILES string of the molecule is CSc1ncc2cc(-c3cc(NC(=O)Nc4cc(C(C)(C)C)nn4C)c(F)cc3Cl)c(=O)n(C)c2n1. The van der Waals surface area contributed by atoms with E-state index in [-0.39, 0.29) is 32.8 Å². The van der Waals surface area contributed by atoms with Crippen molar-refractivity contribution in [3.63, 3.8) is 0 Å². The molecule has 0 spiro atoms. The van der Waals surface area contributed by atoms with Crippen LogP contribution in [-0.4, -0.2) is 36.6 Å². The largest absolute Gasteiger partial charge is 0.324 e. The maximum atomic E-state index is 14.8. The van der Waals surface area contributed by atoms with Crippen molar-refractivity contribution in [2.45, 2.75) is 31.3 Å². The van der Waals surface area contributed by atoms with Crippen molar-refractivity contribution in [3.8, 4) is 11.1 Å². The zero-order valence-electron chi connectivity index (χ0n) is 20.6. The van der Waals surface area contributed by atoms with E-state index in [2.05, 4.69) is 25.7 Å². The van der Waals surface area contributed by atoms with Gasteiger partial charge in [-0.25, -0.2) is 19.2 Å². The smallest absolute Gasteiger partial charge is 0.305 e. The number of halogens is 2. The predicted octanol–water partition coefficient (Wildman–Crippen LogP) is 5.18. The third-order valence-electron chi connectivity index (χ3n) is 5.59. The number of thioether (sulfide) groups is 1. The molecule has 0 aliphatic carbocycles. The molecular formula is C24H25ClFN7O2S. The van der Waals surface area contributed by atoms with E-state index in [1.54, 1.807) is 32.4 Å². The Kier molecular flexibility index (Phi) is 6.80. The summed E-state index contributed by atoms with van der Waals surface area (Å²) < 4.78 is 17.7. The van der Waals surface area contributed by atoms with Crippen molar-refractivity contribution in [2.24, 2.45) is 14.1 Å².